The van der Waals surface area contributed by atoms with Crippen molar-refractivity contribution in [1.82, 2.24) is 0 Å². The summed E-state index contributed by atoms with van der Waals surface area (Å²) in [5, 5.41) is 0. The first-order valence-corrected chi connectivity index (χ1v) is 5.50. The normalized spacial score (nSPS) is 10.1. The summed E-state index contributed by atoms with van der Waals surface area (Å²) in [6.07, 6.45) is 0. The molecule has 16 heavy (non-hydrogen) atoms. The molecule has 2 N–H and O–H groups in total. The third kappa shape index (κ3) is 2.20. The van der Waals surface area contributed by atoms with Gasteiger partial charge in [0.1, 0.15) is 0 Å². The van der Waals surface area contributed by atoms with Crippen LogP contribution in [0.25, 0.3) is 0 Å². The number of ether oxygens (including phenoxy) is 2. The Morgan fingerprint density at radius 3 is 2.50 bits per heavy atom. The topological polar surface area (TPSA) is 61.5 Å². The van der Waals surface area contributed by atoms with Crippen LogP contribution in [0.1, 0.15) is 15.9 Å². The third-order valence-electron chi connectivity index (χ3n) is 2.25. The Hall–Kier alpha value is -1.07. The third-order valence-corrected chi connectivity index (χ3v) is 3.27. The minimum atomic E-state index is -0.189. The molecule has 0 aliphatic heterocycles. The lowest BCUT2D eigenvalue weighted by Crippen LogP contribution is -2.16. The number of hydrogen-bond acceptors (Lipinski definition) is 4. The molecule has 0 aliphatic carbocycles. The quantitative estimate of drug-likeness (QED) is 0.860. The van der Waals surface area contributed by atoms with Gasteiger partial charge in [-0.15, -0.1) is 0 Å². The van der Waals surface area contributed by atoms with Gasteiger partial charge in [0.05, 0.1) is 26.3 Å². The number of hydrogen-bond donors (Lipinski definition) is 1. The van der Waals surface area contributed by atoms with Gasteiger partial charge in [0.2, 0.25) is 0 Å². The van der Waals surface area contributed by atoms with E-state index in [9.17, 15) is 4.79 Å². The van der Waals surface area contributed by atoms with Gasteiger partial charge >= 0.3 is 0 Å². The van der Waals surface area contributed by atoms with E-state index in [1.807, 2.05) is 6.92 Å². The first-order valence-electron chi connectivity index (χ1n) is 4.71. The molecule has 0 fully saturated rings. The zero-order valence-corrected chi connectivity index (χ0v) is 11.1. The minimum Gasteiger partial charge on any atom is -0.493 e. The molecular weight excluding hydrogens is 274 g/mol. The standard InChI is InChI=1S/C11H14BrNO3/c1-6-4-8(15-2)11(16-3)9(10(6)12)7(14)5-13/h4H,5,13H2,1-3H3. The van der Waals surface area contributed by atoms with Crippen LogP contribution in [0.4, 0.5) is 0 Å². The van der Waals surface area contributed by atoms with Crippen molar-refractivity contribution < 1.29 is 14.3 Å². The number of rotatable bonds is 4. The summed E-state index contributed by atoms with van der Waals surface area (Å²) in [6, 6.07) is 1.80. The largest absolute Gasteiger partial charge is 0.493 e. The van der Waals surface area contributed by atoms with E-state index in [0.717, 1.165) is 5.56 Å². The van der Waals surface area contributed by atoms with Crippen LogP contribution in [0.2, 0.25) is 0 Å². The summed E-state index contributed by atoms with van der Waals surface area (Å²) in [4.78, 5) is 11.7. The Morgan fingerprint density at radius 2 is 2.06 bits per heavy atom. The van der Waals surface area contributed by atoms with Crippen LogP contribution in [-0.2, 0) is 0 Å². The molecule has 0 radical (unpaired) electrons. The first kappa shape index (κ1) is 13.0. The first-order chi connectivity index (χ1) is 7.56. The Bertz CT molecular complexity index is 418. The van der Waals surface area contributed by atoms with Crippen LogP contribution in [0.3, 0.4) is 0 Å². The van der Waals surface area contributed by atoms with Gasteiger partial charge in [0.25, 0.3) is 0 Å². The van der Waals surface area contributed by atoms with Crippen LogP contribution >= 0.6 is 15.9 Å². The average molecular weight is 288 g/mol. The van der Waals surface area contributed by atoms with Gasteiger partial charge in [-0.25, -0.2) is 0 Å². The van der Waals surface area contributed by atoms with Crippen LogP contribution in [0.5, 0.6) is 11.5 Å². The highest BCUT2D eigenvalue weighted by atomic mass is 79.9. The summed E-state index contributed by atoms with van der Waals surface area (Å²) >= 11 is 3.36. The summed E-state index contributed by atoms with van der Waals surface area (Å²) in [5.41, 5.74) is 6.70. The molecule has 0 bridgehead atoms. The molecule has 1 aromatic carbocycles. The fraction of sp³-hybridized carbons (Fsp3) is 0.364. The van der Waals surface area contributed by atoms with Crippen molar-refractivity contribution in [3.8, 4) is 11.5 Å². The minimum absolute atomic E-state index is 0.0679. The molecule has 0 amide bonds. The van der Waals surface area contributed by atoms with Gasteiger partial charge in [-0.3, -0.25) is 4.79 Å². The van der Waals surface area contributed by atoms with Gasteiger partial charge < -0.3 is 15.2 Å². The van der Waals surface area contributed by atoms with E-state index in [0.29, 0.717) is 21.5 Å². The maximum atomic E-state index is 11.7. The fourth-order valence-electron chi connectivity index (χ4n) is 1.45. The van der Waals surface area contributed by atoms with E-state index in [-0.39, 0.29) is 12.3 Å². The number of carbonyl (C=O) groups is 1. The summed E-state index contributed by atoms with van der Waals surface area (Å²) in [7, 11) is 3.02. The molecule has 0 spiro atoms. The smallest absolute Gasteiger partial charge is 0.181 e. The number of nitrogens with two attached hydrogens (primary N) is 1. The lowest BCUT2D eigenvalue weighted by Gasteiger charge is -2.15. The number of benzene rings is 1. The summed E-state index contributed by atoms with van der Waals surface area (Å²) in [6.45, 7) is 1.81. The molecular formula is C11H14BrNO3. The lowest BCUT2D eigenvalue weighted by atomic mass is 10.1. The molecule has 0 aromatic heterocycles. The number of methoxy groups -OCH3 is 2. The zero-order valence-electron chi connectivity index (χ0n) is 9.46. The predicted octanol–water partition coefficient (Wildman–Crippen LogP) is 1.92. The average Bonchev–Trinajstić information content (AvgIpc) is 2.30. The van der Waals surface area contributed by atoms with E-state index in [1.54, 1.807) is 6.07 Å². The van der Waals surface area contributed by atoms with E-state index in [2.05, 4.69) is 15.9 Å². The van der Waals surface area contributed by atoms with Crippen LogP contribution in [0.15, 0.2) is 10.5 Å². The highest BCUT2D eigenvalue weighted by molar-refractivity contribution is 9.10. The molecule has 0 heterocycles. The summed E-state index contributed by atoms with van der Waals surface area (Å²) in [5.74, 6) is 0.751. The van der Waals surface area contributed by atoms with Crippen molar-refractivity contribution in [3.05, 3.63) is 21.7 Å². The second-order valence-corrected chi connectivity index (χ2v) is 4.04. The van der Waals surface area contributed by atoms with Crippen molar-refractivity contribution in [3.63, 3.8) is 0 Å². The van der Waals surface area contributed by atoms with E-state index >= 15 is 0 Å². The van der Waals surface area contributed by atoms with Crippen molar-refractivity contribution in [2.45, 2.75) is 6.92 Å². The molecule has 88 valence electrons. The molecule has 5 heteroatoms. The maximum Gasteiger partial charge on any atom is 0.181 e. The number of aryl methyl sites for hydroxylation is 1. The lowest BCUT2D eigenvalue weighted by molar-refractivity contribution is 0.0997. The Balaban J connectivity index is 3.53. The molecule has 0 atom stereocenters. The van der Waals surface area contributed by atoms with Crippen LogP contribution in [0, 0.1) is 6.92 Å². The number of carbonyl (C=O) groups excluding carboxylic acids is 1. The van der Waals surface area contributed by atoms with E-state index < -0.39 is 0 Å². The van der Waals surface area contributed by atoms with E-state index in [4.69, 9.17) is 15.2 Å². The van der Waals surface area contributed by atoms with Crippen molar-refractivity contribution in [2.75, 3.05) is 20.8 Å². The van der Waals surface area contributed by atoms with Gasteiger partial charge in [0, 0.05) is 4.47 Å². The number of halogens is 1. The molecule has 0 unspecified atom stereocenters. The maximum absolute atomic E-state index is 11.7. The monoisotopic (exact) mass is 287 g/mol. The predicted molar refractivity (Wildman–Crippen MR) is 65.4 cm³/mol. The summed E-state index contributed by atoms with van der Waals surface area (Å²) < 4.78 is 11.1. The second-order valence-electron chi connectivity index (χ2n) is 3.25. The Labute approximate surface area is 103 Å². The number of Topliss-reactive ketones (excluding diaryl/α,β-unsaturated/α-hetero) is 1. The zero-order chi connectivity index (χ0) is 12.3. The van der Waals surface area contributed by atoms with Gasteiger partial charge in [-0.1, -0.05) is 0 Å². The molecule has 0 aliphatic rings. The highest BCUT2D eigenvalue weighted by Crippen LogP contribution is 2.38. The molecule has 1 aromatic rings. The van der Waals surface area contributed by atoms with Crippen molar-refractivity contribution in [2.24, 2.45) is 5.73 Å². The SMILES string of the molecule is COc1cc(C)c(Br)c(C(=O)CN)c1OC. The molecule has 0 saturated heterocycles. The van der Waals surface area contributed by atoms with Gasteiger partial charge in [-0.2, -0.15) is 0 Å². The van der Waals surface area contributed by atoms with Crippen LogP contribution < -0.4 is 15.2 Å². The van der Waals surface area contributed by atoms with Crippen molar-refractivity contribution in [1.29, 1.82) is 0 Å². The Kier molecular flexibility index (Phi) is 4.32. The Morgan fingerprint density at radius 1 is 1.44 bits per heavy atom. The molecule has 0 saturated carbocycles. The van der Waals surface area contributed by atoms with Crippen molar-refractivity contribution >= 4 is 21.7 Å². The number of ketones is 1. The van der Waals surface area contributed by atoms with Gasteiger partial charge in [0.15, 0.2) is 17.3 Å². The molecule has 1 rings (SSSR count). The highest BCUT2D eigenvalue weighted by Gasteiger charge is 2.21. The fourth-order valence-corrected chi connectivity index (χ4v) is 1.97. The molecule has 4 nitrogen and oxygen atoms in total. The second kappa shape index (κ2) is 5.32. The van der Waals surface area contributed by atoms with E-state index in [1.165, 1.54) is 14.2 Å². The van der Waals surface area contributed by atoms with Crippen LogP contribution in [-0.4, -0.2) is 26.5 Å². The van der Waals surface area contributed by atoms with Gasteiger partial charge in [-0.05, 0) is 34.5 Å².